The fourth-order valence-corrected chi connectivity index (χ4v) is 2.00. The van der Waals surface area contributed by atoms with Gasteiger partial charge >= 0.3 is 0 Å². The summed E-state index contributed by atoms with van der Waals surface area (Å²) in [5.41, 5.74) is 1.03. The summed E-state index contributed by atoms with van der Waals surface area (Å²) in [5.74, 6) is 3.37. The van der Waals surface area contributed by atoms with E-state index in [2.05, 4.69) is 27.5 Å². The first-order valence-electron chi connectivity index (χ1n) is 7.21. The topological polar surface area (TPSA) is 59.1 Å². The average molecular weight is 286 g/mol. The second-order valence-corrected chi connectivity index (χ2v) is 4.71. The van der Waals surface area contributed by atoms with Gasteiger partial charge in [-0.05, 0) is 32.9 Å². The monoisotopic (exact) mass is 286 g/mol. The first-order chi connectivity index (χ1) is 10.2. The van der Waals surface area contributed by atoms with E-state index in [0.29, 0.717) is 13.2 Å². The molecule has 0 saturated heterocycles. The summed E-state index contributed by atoms with van der Waals surface area (Å²) in [7, 11) is 0. The second-order valence-electron chi connectivity index (χ2n) is 4.71. The van der Waals surface area contributed by atoms with Crippen molar-refractivity contribution in [2.75, 3.05) is 30.3 Å². The number of rotatable bonds is 7. The molecule has 0 fully saturated rings. The standard InChI is InChI=1S/C16H22N4O/c1-4-17-15-12(2)16(20-13(3)19-15)18-10-11-21-14-8-6-5-7-9-14/h5-9H,4,10-11H2,1-3H3,(H2,17,18,19,20). The fraction of sp³-hybridized carbons (Fsp3) is 0.375. The van der Waals surface area contributed by atoms with Crippen LogP contribution in [0.15, 0.2) is 30.3 Å². The number of anilines is 2. The third-order valence-electron chi connectivity index (χ3n) is 3.01. The number of ether oxygens (including phenoxy) is 1. The van der Waals surface area contributed by atoms with E-state index in [9.17, 15) is 0 Å². The molecular formula is C16H22N4O. The molecule has 0 bridgehead atoms. The Balaban J connectivity index is 1.91. The Labute approximate surface area is 125 Å². The number of benzene rings is 1. The zero-order chi connectivity index (χ0) is 15.1. The molecular weight excluding hydrogens is 264 g/mol. The van der Waals surface area contributed by atoms with Gasteiger partial charge in [-0.3, -0.25) is 0 Å². The van der Waals surface area contributed by atoms with Crippen molar-refractivity contribution in [3.8, 4) is 5.75 Å². The predicted octanol–water partition coefficient (Wildman–Crippen LogP) is 3.02. The minimum absolute atomic E-state index is 0.586. The van der Waals surface area contributed by atoms with Crippen molar-refractivity contribution in [2.45, 2.75) is 20.8 Å². The summed E-state index contributed by atoms with van der Waals surface area (Å²) in [4.78, 5) is 8.85. The first-order valence-corrected chi connectivity index (χ1v) is 7.21. The SMILES string of the molecule is CCNc1nc(C)nc(NCCOc2ccccc2)c1C. The molecule has 2 rings (SSSR count). The number of aryl methyl sites for hydroxylation is 1. The quantitative estimate of drug-likeness (QED) is 0.766. The van der Waals surface area contributed by atoms with Gasteiger partial charge in [0.1, 0.15) is 29.8 Å². The van der Waals surface area contributed by atoms with Gasteiger partial charge in [-0.15, -0.1) is 0 Å². The van der Waals surface area contributed by atoms with Gasteiger partial charge in [0.2, 0.25) is 0 Å². The van der Waals surface area contributed by atoms with Crippen LogP contribution in [0.25, 0.3) is 0 Å². The van der Waals surface area contributed by atoms with E-state index in [1.54, 1.807) is 0 Å². The molecule has 0 amide bonds. The highest BCUT2D eigenvalue weighted by molar-refractivity contribution is 5.57. The van der Waals surface area contributed by atoms with E-state index < -0.39 is 0 Å². The van der Waals surface area contributed by atoms with E-state index in [0.717, 1.165) is 35.3 Å². The third kappa shape index (κ3) is 4.34. The summed E-state index contributed by atoms with van der Waals surface area (Å²) in [6, 6.07) is 9.79. The van der Waals surface area contributed by atoms with Crippen molar-refractivity contribution in [3.63, 3.8) is 0 Å². The van der Waals surface area contributed by atoms with Gasteiger partial charge in [0, 0.05) is 12.1 Å². The van der Waals surface area contributed by atoms with Gasteiger partial charge in [0.05, 0.1) is 6.54 Å². The highest BCUT2D eigenvalue weighted by atomic mass is 16.5. The van der Waals surface area contributed by atoms with Crippen LogP contribution in [-0.4, -0.2) is 29.7 Å². The van der Waals surface area contributed by atoms with Crippen LogP contribution in [0.3, 0.4) is 0 Å². The zero-order valence-corrected chi connectivity index (χ0v) is 12.8. The molecule has 2 aromatic rings. The highest BCUT2D eigenvalue weighted by Gasteiger charge is 2.07. The summed E-state index contributed by atoms with van der Waals surface area (Å²) >= 11 is 0. The van der Waals surface area contributed by atoms with E-state index in [4.69, 9.17) is 4.74 Å². The lowest BCUT2D eigenvalue weighted by Gasteiger charge is -2.13. The molecule has 2 N–H and O–H groups in total. The van der Waals surface area contributed by atoms with Crippen LogP contribution in [0, 0.1) is 13.8 Å². The van der Waals surface area contributed by atoms with E-state index in [1.807, 2.05) is 44.2 Å². The van der Waals surface area contributed by atoms with Crippen molar-refractivity contribution in [1.29, 1.82) is 0 Å². The summed E-state index contributed by atoms with van der Waals surface area (Å²) in [6.45, 7) is 8.08. The van der Waals surface area contributed by atoms with Gasteiger partial charge in [0.25, 0.3) is 0 Å². The largest absolute Gasteiger partial charge is 0.492 e. The maximum absolute atomic E-state index is 5.65. The maximum atomic E-state index is 5.65. The molecule has 0 aliphatic rings. The zero-order valence-electron chi connectivity index (χ0n) is 12.8. The van der Waals surface area contributed by atoms with Crippen LogP contribution in [-0.2, 0) is 0 Å². The molecule has 0 aliphatic carbocycles. The Morgan fingerprint density at radius 1 is 1.00 bits per heavy atom. The summed E-state index contributed by atoms with van der Waals surface area (Å²) in [6.07, 6.45) is 0. The van der Waals surface area contributed by atoms with Gasteiger partial charge in [0.15, 0.2) is 0 Å². The van der Waals surface area contributed by atoms with E-state index in [-0.39, 0.29) is 0 Å². The molecule has 1 heterocycles. The fourth-order valence-electron chi connectivity index (χ4n) is 2.00. The average Bonchev–Trinajstić information content (AvgIpc) is 2.49. The Kier molecular flexibility index (Phi) is 5.37. The number of nitrogens with one attached hydrogen (secondary N) is 2. The van der Waals surface area contributed by atoms with E-state index >= 15 is 0 Å². The van der Waals surface area contributed by atoms with Crippen molar-refractivity contribution < 1.29 is 4.74 Å². The number of aromatic nitrogens is 2. The van der Waals surface area contributed by atoms with E-state index in [1.165, 1.54) is 0 Å². The Morgan fingerprint density at radius 3 is 2.33 bits per heavy atom. The van der Waals surface area contributed by atoms with Crippen LogP contribution < -0.4 is 15.4 Å². The van der Waals surface area contributed by atoms with Crippen molar-refractivity contribution in [3.05, 3.63) is 41.7 Å². The van der Waals surface area contributed by atoms with Crippen LogP contribution in [0.2, 0.25) is 0 Å². The molecule has 0 unspecified atom stereocenters. The maximum Gasteiger partial charge on any atom is 0.134 e. The summed E-state index contributed by atoms with van der Waals surface area (Å²) in [5, 5.41) is 6.56. The lowest BCUT2D eigenvalue weighted by molar-refractivity contribution is 0.332. The molecule has 0 atom stereocenters. The number of nitrogens with zero attached hydrogens (tertiary/aromatic N) is 2. The molecule has 0 saturated carbocycles. The third-order valence-corrected chi connectivity index (χ3v) is 3.01. The minimum Gasteiger partial charge on any atom is -0.492 e. The molecule has 1 aromatic heterocycles. The highest BCUT2D eigenvalue weighted by Crippen LogP contribution is 2.19. The lowest BCUT2D eigenvalue weighted by Crippen LogP contribution is -2.15. The molecule has 1 aromatic carbocycles. The molecule has 21 heavy (non-hydrogen) atoms. The van der Waals surface area contributed by atoms with Crippen LogP contribution in [0.1, 0.15) is 18.3 Å². The Hall–Kier alpha value is -2.30. The van der Waals surface area contributed by atoms with Gasteiger partial charge in [-0.1, -0.05) is 18.2 Å². The van der Waals surface area contributed by atoms with Gasteiger partial charge in [-0.25, -0.2) is 9.97 Å². The minimum atomic E-state index is 0.586. The van der Waals surface area contributed by atoms with Gasteiger partial charge in [-0.2, -0.15) is 0 Å². The number of hydrogen-bond acceptors (Lipinski definition) is 5. The van der Waals surface area contributed by atoms with Crippen molar-refractivity contribution in [1.82, 2.24) is 9.97 Å². The predicted molar refractivity (Wildman–Crippen MR) is 86.1 cm³/mol. The molecule has 0 spiro atoms. The van der Waals surface area contributed by atoms with Crippen molar-refractivity contribution in [2.24, 2.45) is 0 Å². The molecule has 112 valence electrons. The number of para-hydroxylation sites is 1. The molecule has 5 heteroatoms. The van der Waals surface area contributed by atoms with Crippen LogP contribution >= 0.6 is 0 Å². The summed E-state index contributed by atoms with van der Waals surface area (Å²) < 4.78 is 5.65. The van der Waals surface area contributed by atoms with Crippen LogP contribution in [0.4, 0.5) is 11.6 Å². The van der Waals surface area contributed by atoms with Crippen LogP contribution in [0.5, 0.6) is 5.75 Å². The molecule has 0 aliphatic heterocycles. The number of hydrogen-bond donors (Lipinski definition) is 2. The Bertz CT molecular complexity index is 572. The second kappa shape index (κ2) is 7.47. The smallest absolute Gasteiger partial charge is 0.134 e. The molecule has 5 nitrogen and oxygen atoms in total. The molecule has 0 radical (unpaired) electrons. The van der Waals surface area contributed by atoms with Gasteiger partial charge < -0.3 is 15.4 Å². The normalized spacial score (nSPS) is 10.2. The van der Waals surface area contributed by atoms with Crippen molar-refractivity contribution >= 4 is 11.6 Å². The first kappa shape index (κ1) is 15.1. The lowest BCUT2D eigenvalue weighted by atomic mass is 10.3. The Morgan fingerprint density at radius 2 is 1.67 bits per heavy atom.